The van der Waals surface area contributed by atoms with Gasteiger partial charge in [0.1, 0.15) is 0 Å². The molecule has 0 spiro atoms. The maximum absolute atomic E-state index is 12.9. The predicted octanol–water partition coefficient (Wildman–Crippen LogP) is 1.64. The fourth-order valence-corrected chi connectivity index (χ4v) is 2.83. The maximum Gasteiger partial charge on any atom is 0.280 e. The highest BCUT2D eigenvalue weighted by molar-refractivity contribution is 5.66. The van der Waals surface area contributed by atoms with Gasteiger partial charge in [0.2, 0.25) is 0 Å². The average molecular weight is 381 g/mol. The predicted molar refractivity (Wildman–Crippen MR) is 106 cm³/mol. The number of aromatic nitrogens is 2. The van der Waals surface area contributed by atoms with E-state index in [9.17, 15) is 14.9 Å². The fraction of sp³-hybridized carbons (Fsp3) is 0.150. The van der Waals surface area contributed by atoms with Gasteiger partial charge in [-0.15, -0.1) is 0 Å². The van der Waals surface area contributed by atoms with Crippen LogP contribution in [-0.4, -0.2) is 28.9 Å². The number of aryl methyl sites for hydroxylation is 1. The number of nitrogens with one attached hydrogen (secondary N) is 1. The molecular weight excluding hydrogens is 362 g/mol. The first-order valence-corrected chi connectivity index (χ1v) is 8.35. The minimum Gasteiger partial charge on any atom is -0.493 e. The van der Waals surface area contributed by atoms with Crippen molar-refractivity contribution in [3.63, 3.8) is 0 Å². The van der Waals surface area contributed by atoms with Crippen molar-refractivity contribution in [2.45, 2.75) is 6.92 Å². The molecule has 8 nitrogen and oxygen atoms in total. The van der Waals surface area contributed by atoms with Crippen LogP contribution in [0.1, 0.15) is 11.1 Å². The second-order valence-electron chi connectivity index (χ2n) is 6.15. The molecule has 144 valence electrons. The molecule has 0 aliphatic rings. The lowest BCUT2D eigenvalue weighted by molar-refractivity contribution is -0.385. The number of ether oxygens (including phenoxy) is 2. The first kappa shape index (κ1) is 19.0. The van der Waals surface area contributed by atoms with Crippen LogP contribution >= 0.6 is 0 Å². The van der Waals surface area contributed by atoms with E-state index in [0.717, 1.165) is 5.56 Å². The number of rotatable bonds is 5. The van der Waals surface area contributed by atoms with Gasteiger partial charge in [0.25, 0.3) is 11.2 Å². The molecule has 0 amide bonds. The molecule has 0 aliphatic heterocycles. The molecule has 0 aliphatic carbocycles. The Hall–Kier alpha value is -3.81. The van der Waals surface area contributed by atoms with Crippen molar-refractivity contribution >= 4 is 18.3 Å². The second kappa shape index (κ2) is 7.43. The number of nitro benzene ring substituents is 1. The summed E-state index contributed by atoms with van der Waals surface area (Å²) in [6.45, 7) is 5.81. The van der Waals surface area contributed by atoms with Crippen molar-refractivity contribution in [2.75, 3.05) is 14.2 Å². The quantitative estimate of drug-likeness (QED) is 0.535. The minimum absolute atomic E-state index is 0.208. The number of benzene rings is 2. The van der Waals surface area contributed by atoms with E-state index in [1.807, 2.05) is 19.1 Å². The first-order valence-electron chi connectivity index (χ1n) is 8.35. The van der Waals surface area contributed by atoms with Gasteiger partial charge < -0.3 is 9.47 Å². The molecule has 0 saturated heterocycles. The van der Waals surface area contributed by atoms with Gasteiger partial charge in [0.05, 0.1) is 47.0 Å². The highest BCUT2D eigenvalue weighted by Crippen LogP contribution is 2.34. The van der Waals surface area contributed by atoms with E-state index in [4.69, 9.17) is 9.47 Å². The molecule has 3 aromatic rings. The topological polar surface area (TPSA) is 99.4 Å². The zero-order valence-corrected chi connectivity index (χ0v) is 15.7. The number of aromatic amines is 1. The molecule has 0 saturated carbocycles. The highest BCUT2D eigenvalue weighted by Gasteiger charge is 2.18. The summed E-state index contributed by atoms with van der Waals surface area (Å²) in [4.78, 5) is 23.8. The highest BCUT2D eigenvalue weighted by atomic mass is 16.6. The fourth-order valence-electron chi connectivity index (χ4n) is 2.83. The monoisotopic (exact) mass is 381 g/mol. The summed E-state index contributed by atoms with van der Waals surface area (Å²) in [5.74, 6) is 0.548. The largest absolute Gasteiger partial charge is 0.493 e. The lowest BCUT2D eigenvalue weighted by Crippen LogP contribution is -2.34. The molecule has 2 aromatic carbocycles. The Bertz CT molecular complexity index is 1210. The Morgan fingerprint density at radius 3 is 2.32 bits per heavy atom. The SMILES string of the molecule is C=c1[nH]n(-c2ccc(C)cc2)c(=O)c1=Cc1cc(OC)c(OC)cc1[N+](=O)[O-]. The number of hydrogen-bond donors (Lipinski definition) is 1. The summed E-state index contributed by atoms with van der Waals surface area (Å²) in [7, 11) is 2.83. The van der Waals surface area contributed by atoms with E-state index in [1.54, 1.807) is 12.1 Å². The Morgan fingerprint density at radius 1 is 1.14 bits per heavy atom. The first-order chi connectivity index (χ1) is 13.3. The number of nitrogens with zero attached hydrogens (tertiary/aromatic N) is 2. The molecule has 0 radical (unpaired) electrons. The zero-order chi connectivity index (χ0) is 20.4. The summed E-state index contributed by atoms with van der Waals surface area (Å²) < 4.78 is 11.7. The third-order valence-electron chi connectivity index (χ3n) is 4.33. The molecule has 8 heteroatoms. The summed E-state index contributed by atoms with van der Waals surface area (Å²) in [5.41, 5.74) is 1.34. The minimum atomic E-state index is -0.540. The zero-order valence-electron chi connectivity index (χ0n) is 15.7. The van der Waals surface area contributed by atoms with E-state index in [0.29, 0.717) is 16.8 Å². The molecule has 1 N–H and O–H groups in total. The Labute approximate surface area is 160 Å². The maximum atomic E-state index is 12.9. The Kier molecular flexibility index (Phi) is 5.04. The van der Waals surface area contributed by atoms with E-state index in [2.05, 4.69) is 11.7 Å². The van der Waals surface area contributed by atoms with Gasteiger partial charge in [0.15, 0.2) is 11.5 Å². The van der Waals surface area contributed by atoms with Crippen molar-refractivity contribution in [2.24, 2.45) is 0 Å². The van der Waals surface area contributed by atoms with Gasteiger partial charge >= 0.3 is 0 Å². The number of methoxy groups -OCH3 is 2. The molecule has 0 atom stereocenters. The van der Waals surface area contributed by atoms with Crippen LogP contribution in [-0.2, 0) is 0 Å². The third kappa shape index (κ3) is 3.39. The van der Waals surface area contributed by atoms with E-state index in [1.165, 1.54) is 37.1 Å². The number of nitro groups is 1. The van der Waals surface area contributed by atoms with Gasteiger partial charge in [0, 0.05) is 0 Å². The summed E-state index contributed by atoms with van der Waals surface area (Å²) >= 11 is 0. The number of H-pyrrole nitrogens is 1. The molecule has 1 aromatic heterocycles. The van der Waals surface area contributed by atoms with Crippen LogP contribution in [0.5, 0.6) is 11.5 Å². The molecule has 0 bridgehead atoms. The van der Waals surface area contributed by atoms with E-state index < -0.39 is 4.92 Å². The summed E-state index contributed by atoms with van der Waals surface area (Å²) in [6, 6.07) is 10.1. The molecule has 0 fully saturated rings. The van der Waals surface area contributed by atoms with Crippen molar-refractivity contribution in [3.8, 4) is 17.2 Å². The lowest BCUT2D eigenvalue weighted by atomic mass is 10.1. The Morgan fingerprint density at radius 2 is 1.75 bits per heavy atom. The van der Waals surface area contributed by atoms with Crippen molar-refractivity contribution in [3.05, 3.63) is 78.6 Å². The van der Waals surface area contributed by atoms with Crippen molar-refractivity contribution < 1.29 is 14.4 Å². The molecule has 3 rings (SSSR count). The normalized spacial score (nSPS) is 11.5. The van der Waals surface area contributed by atoms with Crippen LogP contribution in [0.4, 0.5) is 5.69 Å². The van der Waals surface area contributed by atoms with Crippen LogP contribution in [0.15, 0.2) is 41.2 Å². The smallest absolute Gasteiger partial charge is 0.280 e. The summed E-state index contributed by atoms with van der Waals surface area (Å²) in [5, 5.41) is 15.0. The van der Waals surface area contributed by atoms with Gasteiger partial charge in [-0.3, -0.25) is 20.0 Å². The van der Waals surface area contributed by atoms with E-state index >= 15 is 0 Å². The standard InChI is InChI=1S/C20H19N3O5/c1-12-5-7-15(8-6-12)22-20(24)16(13(2)21-22)9-14-10-18(27-3)19(28-4)11-17(14)23(25)26/h5-11,21H,2H2,1,3-4H3. The van der Waals surface area contributed by atoms with Gasteiger partial charge in [-0.1, -0.05) is 24.3 Å². The van der Waals surface area contributed by atoms with Crippen LogP contribution in [0.25, 0.3) is 18.3 Å². The second-order valence-corrected chi connectivity index (χ2v) is 6.15. The molecule has 1 heterocycles. The van der Waals surface area contributed by atoms with Crippen molar-refractivity contribution in [1.29, 1.82) is 0 Å². The molecule has 28 heavy (non-hydrogen) atoms. The van der Waals surface area contributed by atoms with Crippen molar-refractivity contribution in [1.82, 2.24) is 9.78 Å². The van der Waals surface area contributed by atoms with Gasteiger partial charge in [-0.05, 0) is 31.2 Å². The van der Waals surface area contributed by atoms with Gasteiger partial charge in [-0.2, -0.15) is 0 Å². The van der Waals surface area contributed by atoms with Gasteiger partial charge in [-0.25, -0.2) is 4.68 Å². The average Bonchev–Trinajstić information content (AvgIpc) is 2.96. The molecular formula is C20H19N3O5. The number of hydrogen-bond acceptors (Lipinski definition) is 5. The molecule has 0 unspecified atom stereocenters. The Balaban J connectivity index is 2.25. The lowest BCUT2D eigenvalue weighted by Gasteiger charge is -2.08. The van der Waals surface area contributed by atoms with Crippen LogP contribution in [0, 0.1) is 17.0 Å². The third-order valence-corrected chi connectivity index (χ3v) is 4.33. The van der Waals surface area contributed by atoms with Crippen LogP contribution in [0.3, 0.4) is 0 Å². The van der Waals surface area contributed by atoms with E-state index in [-0.39, 0.29) is 27.8 Å². The van der Waals surface area contributed by atoms with Crippen LogP contribution < -0.4 is 25.6 Å². The van der Waals surface area contributed by atoms with Crippen LogP contribution in [0.2, 0.25) is 0 Å². The summed E-state index contributed by atoms with van der Waals surface area (Å²) in [6.07, 6.45) is 1.42.